The van der Waals surface area contributed by atoms with Gasteiger partial charge in [-0.2, -0.15) is 0 Å². The van der Waals surface area contributed by atoms with E-state index in [-0.39, 0.29) is 5.97 Å². The smallest absolute Gasteiger partial charge is 0.337 e. The van der Waals surface area contributed by atoms with Crippen molar-refractivity contribution in [3.63, 3.8) is 0 Å². The number of carbonyl (C=O) groups is 1. The van der Waals surface area contributed by atoms with Crippen LogP contribution in [0.2, 0.25) is 0 Å². The van der Waals surface area contributed by atoms with Gasteiger partial charge in [-0.25, -0.2) is 4.79 Å². The van der Waals surface area contributed by atoms with Crippen molar-refractivity contribution in [3.8, 4) is 0 Å². The zero-order chi connectivity index (χ0) is 9.40. The molecule has 0 spiro atoms. The number of hydrogen-bond donors (Lipinski definition) is 0. The van der Waals surface area contributed by atoms with E-state index in [4.69, 9.17) is 4.74 Å². The zero-order valence-electron chi connectivity index (χ0n) is 7.96. The molecule has 0 aromatic rings. The second-order valence-corrected chi connectivity index (χ2v) is 2.29. The van der Waals surface area contributed by atoms with Gasteiger partial charge in [-0.1, -0.05) is 25.2 Å². The topological polar surface area (TPSA) is 26.3 Å². The molecule has 0 saturated heterocycles. The summed E-state index contributed by atoms with van der Waals surface area (Å²) in [6, 6.07) is 0. The van der Waals surface area contributed by atoms with E-state index in [0.29, 0.717) is 12.2 Å². The maximum Gasteiger partial charge on any atom is 0.337 e. The highest BCUT2D eigenvalue weighted by Gasteiger charge is 2.04. The highest BCUT2D eigenvalue weighted by atomic mass is 16.5. The van der Waals surface area contributed by atoms with Crippen molar-refractivity contribution in [2.24, 2.45) is 0 Å². The summed E-state index contributed by atoms with van der Waals surface area (Å²) in [6.45, 7) is 6.10. The second-order valence-electron chi connectivity index (χ2n) is 2.29. The fourth-order valence-corrected chi connectivity index (χ4v) is 0.833. The SMILES string of the molecule is C/C=C/C(=C\CC)C(=O)OCC. The summed E-state index contributed by atoms with van der Waals surface area (Å²) in [5.74, 6) is -0.238. The highest BCUT2D eigenvalue weighted by Crippen LogP contribution is 2.02. The fourth-order valence-electron chi connectivity index (χ4n) is 0.833. The molecular formula is C10H16O2. The monoisotopic (exact) mass is 168 g/mol. The van der Waals surface area contributed by atoms with Gasteiger partial charge >= 0.3 is 5.97 Å². The molecule has 0 atom stereocenters. The molecule has 0 rings (SSSR count). The predicted octanol–water partition coefficient (Wildman–Crippen LogP) is 2.46. The maximum atomic E-state index is 11.2. The Morgan fingerprint density at radius 1 is 1.42 bits per heavy atom. The van der Waals surface area contributed by atoms with Crippen molar-refractivity contribution in [2.75, 3.05) is 6.61 Å². The molecule has 0 fully saturated rings. The van der Waals surface area contributed by atoms with Crippen LogP contribution in [0.1, 0.15) is 27.2 Å². The third-order valence-corrected chi connectivity index (χ3v) is 1.28. The van der Waals surface area contributed by atoms with Crippen LogP contribution in [0.25, 0.3) is 0 Å². The van der Waals surface area contributed by atoms with Crippen LogP contribution in [-0.4, -0.2) is 12.6 Å². The average Bonchev–Trinajstić information content (AvgIpc) is 2.04. The van der Waals surface area contributed by atoms with E-state index < -0.39 is 0 Å². The van der Waals surface area contributed by atoms with Crippen LogP contribution in [-0.2, 0) is 9.53 Å². The van der Waals surface area contributed by atoms with Crippen LogP contribution in [0.5, 0.6) is 0 Å². The molecule has 0 radical (unpaired) electrons. The van der Waals surface area contributed by atoms with Crippen LogP contribution < -0.4 is 0 Å². The number of carbonyl (C=O) groups excluding carboxylic acids is 1. The van der Waals surface area contributed by atoms with Crippen molar-refractivity contribution in [3.05, 3.63) is 23.8 Å². The molecule has 68 valence electrons. The van der Waals surface area contributed by atoms with Gasteiger partial charge in [0.1, 0.15) is 0 Å². The first kappa shape index (κ1) is 11.0. The summed E-state index contributed by atoms with van der Waals surface area (Å²) < 4.78 is 4.85. The summed E-state index contributed by atoms with van der Waals surface area (Å²) in [5.41, 5.74) is 0.641. The van der Waals surface area contributed by atoms with Crippen molar-refractivity contribution in [2.45, 2.75) is 27.2 Å². The fraction of sp³-hybridized carbons (Fsp3) is 0.500. The molecule has 0 unspecified atom stereocenters. The third-order valence-electron chi connectivity index (χ3n) is 1.28. The number of allylic oxidation sites excluding steroid dienone is 2. The molecule has 0 amide bonds. The van der Waals surface area contributed by atoms with E-state index >= 15 is 0 Å². The Kier molecular flexibility index (Phi) is 6.07. The minimum Gasteiger partial charge on any atom is -0.462 e. The van der Waals surface area contributed by atoms with E-state index in [0.717, 1.165) is 6.42 Å². The molecule has 0 N–H and O–H groups in total. The Balaban J connectivity index is 4.30. The minimum absolute atomic E-state index is 0.238. The average molecular weight is 168 g/mol. The van der Waals surface area contributed by atoms with Gasteiger partial charge in [-0.05, 0) is 20.3 Å². The van der Waals surface area contributed by atoms with Gasteiger partial charge in [0.05, 0.1) is 12.2 Å². The minimum atomic E-state index is -0.238. The molecule has 0 aromatic carbocycles. The number of hydrogen-bond acceptors (Lipinski definition) is 2. The van der Waals surface area contributed by atoms with Crippen molar-refractivity contribution >= 4 is 5.97 Å². The number of rotatable bonds is 4. The summed E-state index contributed by atoms with van der Waals surface area (Å²) in [7, 11) is 0. The van der Waals surface area contributed by atoms with Crippen LogP contribution in [0.15, 0.2) is 23.8 Å². The summed E-state index contributed by atoms with van der Waals surface area (Å²) >= 11 is 0. The third kappa shape index (κ3) is 3.96. The lowest BCUT2D eigenvalue weighted by atomic mass is 10.2. The Bertz CT molecular complexity index is 190. The first-order chi connectivity index (χ1) is 5.76. The van der Waals surface area contributed by atoms with Gasteiger partial charge in [-0.3, -0.25) is 0 Å². The van der Waals surface area contributed by atoms with E-state index in [1.165, 1.54) is 0 Å². The molecule has 2 nitrogen and oxygen atoms in total. The molecule has 0 heterocycles. The van der Waals surface area contributed by atoms with Crippen molar-refractivity contribution in [1.82, 2.24) is 0 Å². The second kappa shape index (κ2) is 6.65. The van der Waals surface area contributed by atoms with Crippen LogP contribution in [0.3, 0.4) is 0 Å². The lowest BCUT2D eigenvalue weighted by Gasteiger charge is -2.01. The van der Waals surface area contributed by atoms with Gasteiger partial charge < -0.3 is 4.74 Å². The first-order valence-electron chi connectivity index (χ1n) is 4.26. The predicted molar refractivity (Wildman–Crippen MR) is 49.8 cm³/mol. The lowest BCUT2D eigenvalue weighted by Crippen LogP contribution is -2.05. The molecule has 2 heteroatoms. The molecule has 0 aliphatic carbocycles. The normalized spacial score (nSPS) is 12.1. The summed E-state index contributed by atoms with van der Waals surface area (Å²) in [6.07, 6.45) is 6.30. The lowest BCUT2D eigenvalue weighted by molar-refractivity contribution is -0.138. The first-order valence-corrected chi connectivity index (χ1v) is 4.26. The molecule has 0 aliphatic heterocycles. The Morgan fingerprint density at radius 2 is 2.08 bits per heavy atom. The van der Waals surface area contributed by atoms with Crippen molar-refractivity contribution < 1.29 is 9.53 Å². The van der Waals surface area contributed by atoms with Gasteiger partial charge in [0.15, 0.2) is 0 Å². The number of esters is 1. The molecule has 0 aromatic heterocycles. The quantitative estimate of drug-likeness (QED) is 0.366. The zero-order valence-corrected chi connectivity index (χ0v) is 7.96. The molecule has 12 heavy (non-hydrogen) atoms. The largest absolute Gasteiger partial charge is 0.462 e. The van der Waals surface area contributed by atoms with Crippen LogP contribution in [0, 0.1) is 0 Å². The van der Waals surface area contributed by atoms with Gasteiger partial charge in [-0.15, -0.1) is 0 Å². The Hall–Kier alpha value is -1.05. The molecular weight excluding hydrogens is 152 g/mol. The Morgan fingerprint density at radius 3 is 2.50 bits per heavy atom. The van der Waals surface area contributed by atoms with E-state index in [1.807, 2.05) is 26.0 Å². The Labute approximate surface area is 73.9 Å². The molecule has 0 saturated carbocycles. The van der Waals surface area contributed by atoms with E-state index in [1.54, 1.807) is 13.0 Å². The number of ether oxygens (including phenoxy) is 1. The van der Waals surface area contributed by atoms with Gasteiger partial charge in [0.2, 0.25) is 0 Å². The molecule has 0 aliphatic rings. The standard InChI is InChI=1S/C10H16O2/c1-4-7-9(8-5-2)10(11)12-6-3/h4,7-8H,5-6H2,1-3H3/b7-4+,9-8+. The van der Waals surface area contributed by atoms with Gasteiger partial charge in [0, 0.05) is 0 Å². The summed E-state index contributed by atoms with van der Waals surface area (Å²) in [4.78, 5) is 11.2. The highest BCUT2D eigenvalue weighted by molar-refractivity contribution is 5.91. The molecule has 0 bridgehead atoms. The maximum absolute atomic E-state index is 11.2. The van der Waals surface area contributed by atoms with Crippen molar-refractivity contribution in [1.29, 1.82) is 0 Å². The van der Waals surface area contributed by atoms with E-state index in [2.05, 4.69) is 0 Å². The van der Waals surface area contributed by atoms with Crippen LogP contribution in [0.4, 0.5) is 0 Å². The van der Waals surface area contributed by atoms with Gasteiger partial charge in [0.25, 0.3) is 0 Å². The van der Waals surface area contributed by atoms with Crippen LogP contribution >= 0.6 is 0 Å². The summed E-state index contributed by atoms with van der Waals surface area (Å²) in [5, 5.41) is 0. The van der Waals surface area contributed by atoms with E-state index in [9.17, 15) is 4.79 Å².